The molecule has 7 heteroatoms. The second-order valence-corrected chi connectivity index (χ2v) is 5.85. The van der Waals surface area contributed by atoms with Crippen molar-refractivity contribution in [3.63, 3.8) is 0 Å². The number of pyridine rings is 1. The summed E-state index contributed by atoms with van der Waals surface area (Å²) in [6.45, 7) is 3.78. The van der Waals surface area contributed by atoms with Gasteiger partial charge in [-0.05, 0) is 38.0 Å². The first-order valence-electron chi connectivity index (χ1n) is 7.80. The Morgan fingerprint density at radius 3 is 2.96 bits per heavy atom. The van der Waals surface area contributed by atoms with Gasteiger partial charge in [-0.15, -0.1) is 0 Å². The van der Waals surface area contributed by atoms with Crippen molar-refractivity contribution < 1.29 is 4.52 Å². The van der Waals surface area contributed by atoms with Gasteiger partial charge in [0.05, 0.1) is 5.56 Å². The van der Waals surface area contributed by atoms with Gasteiger partial charge in [0, 0.05) is 37.1 Å². The number of rotatable bonds is 3. The number of piperidine rings is 1. The van der Waals surface area contributed by atoms with Crippen LogP contribution in [0, 0.1) is 6.92 Å². The van der Waals surface area contributed by atoms with E-state index < -0.39 is 0 Å². The predicted octanol–water partition coefficient (Wildman–Crippen LogP) is 2.55. The zero-order valence-electron chi connectivity index (χ0n) is 12.9. The maximum Gasteiger partial charge on any atom is 0.259 e. The highest BCUT2D eigenvalue weighted by Crippen LogP contribution is 2.28. The van der Waals surface area contributed by atoms with Gasteiger partial charge in [0.1, 0.15) is 5.82 Å². The fourth-order valence-electron chi connectivity index (χ4n) is 3.05. The Balaban J connectivity index is 1.51. The van der Waals surface area contributed by atoms with Crippen LogP contribution in [0.15, 0.2) is 35.1 Å². The normalized spacial score (nSPS) is 18.3. The summed E-state index contributed by atoms with van der Waals surface area (Å²) in [5.41, 5.74) is 2.05. The molecule has 23 heavy (non-hydrogen) atoms. The van der Waals surface area contributed by atoms with Crippen LogP contribution < -0.4 is 4.90 Å². The van der Waals surface area contributed by atoms with E-state index in [-0.39, 0.29) is 0 Å². The Hall–Kier alpha value is -2.70. The Labute approximate surface area is 133 Å². The highest BCUT2D eigenvalue weighted by atomic mass is 16.5. The Morgan fingerprint density at radius 2 is 2.26 bits per heavy atom. The molecule has 3 aromatic heterocycles. The van der Waals surface area contributed by atoms with E-state index >= 15 is 0 Å². The van der Waals surface area contributed by atoms with Gasteiger partial charge in [0.15, 0.2) is 5.82 Å². The van der Waals surface area contributed by atoms with E-state index in [2.05, 4.69) is 36.3 Å². The molecule has 1 fully saturated rings. The minimum absolute atomic E-state index is 0.478. The zero-order chi connectivity index (χ0) is 15.6. The van der Waals surface area contributed by atoms with Gasteiger partial charge in [-0.3, -0.25) is 5.10 Å². The molecule has 3 aromatic rings. The Bertz CT molecular complexity index is 764. The lowest BCUT2D eigenvalue weighted by Crippen LogP contribution is -2.35. The summed E-state index contributed by atoms with van der Waals surface area (Å²) in [6, 6.07) is 6.06. The zero-order valence-corrected chi connectivity index (χ0v) is 12.9. The van der Waals surface area contributed by atoms with Crippen molar-refractivity contribution in [2.45, 2.75) is 25.7 Å². The van der Waals surface area contributed by atoms with Crippen LogP contribution in [0.2, 0.25) is 0 Å². The highest BCUT2D eigenvalue weighted by Gasteiger charge is 2.23. The maximum absolute atomic E-state index is 5.18. The smallest absolute Gasteiger partial charge is 0.259 e. The summed E-state index contributed by atoms with van der Waals surface area (Å²) in [6.07, 6.45) is 5.93. The summed E-state index contributed by atoms with van der Waals surface area (Å²) in [5, 5.41) is 11.0. The lowest BCUT2D eigenvalue weighted by atomic mass is 9.95. The molecule has 118 valence electrons. The molecule has 1 N–H and O–H groups in total. The van der Waals surface area contributed by atoms with Crippen LogP contribution >= 0.6 is 0 Å². The molecule has 0 amide bonds. The topological polar surface area (TPSA) is 83.7 Å². The fraction of sp³-hybridized carbons (Fsp3) is 0.375. The first-order valence-corrected chi connectivity index (χ1v) is 7.80. The van der Waals surface area contributed by atoms with E-state index in [1.54, 1.807) is 13.1 Å². The summed E-state index contributed by atoms with van der Waals surface area (Å²) >= 11 is 0. The molecule has 0 aromatic carbocycles. The van der Waals surface area contributed by atoms with Crippen LogP contribution in [0.5, 0.6) is 0 Å². The molecule has 0 saturated carbocycles. The van der Waals surface area contributed by atoms with E-state index in [0.29, 0.717) is 17.6 Å². The first-order chi connectivity index (χ1) is 11.3. The van der Waals surface area contributed by atoms with E-state index in [0.717, 1.165) is 30.9 Å². The number of aryl methyl sites for hydroxylation is 1. The molecule has 1 unspecified atom stereocenters. The molecule has 1 aliphatic heterocycles. The number of hydrogen-bond donors (Lipinski definition) is 1. The number of hydrogen-bond acceptors (Lipinski definition) is 6. The second kappa shape index (κ2) is 5.83. The van der Waals surface area contributed by atoms with Crippen LogP contribution in [0.25, 0.3) is 11.5 Å². The van der Waals surface area contributed by atoms with Crippen molar-refractivity contribution in [2.75, 3.05) is 18.0 Å². The summed E-state index contributed by atoms with van der Waals surface area (Å²) < 4.78 is 5.18. The Morgan fingerprint density at radius 1 is 1.30 bits per heavy atom. The molecule has 0 radical (unpaired) electrons. The first kappa shape index (κ1) is 13.9. The quantitative estimate of drug-likeness (QED) is 0.800. The number of aromatic nitrogens is 5. The molecular weight excluding hydrogens is 292 g/mol. The molecule has 1 aliphatic rings. The molecular formula is C16H18N6O. The van der Waals surface area contributed by atoms with Crippen molar-refractivity contribution >= 4 is 5.82 Å². The molecule has 1 atom stereocenters. The number of H-pyrrole nitrogens is 1. The van der Waals surface area contributed by atoms with Crippen molar-refractivity contribution in [3.05, 3.63) is 42.1 Å². The van der Waals surface area contributed by atoms with E-state index in [9.17, 15) is 0 Å². The van der Waals surface area contributed by atoms with Gasteiger partial charge in [-0.1, -0.05) is 5.16 Å². The van der Waals surface area contributed by atoms with Crippen molar-refractivity contribution in [2.24, 2.45) is 0 Å². The van der Waals surface area contributed by atoms with Gasteiger partial charge in [-0.2, -0.15) is 10.1 Å². The minimum Gasteiger partial charge on any atom is -0.356 e. The predicted molar refractivity (Wildman–Crippen MR) is 85.0 cm³/mol. The second-order valence-electron chi connectivity index (χ2n) is 5.85. The average Bonchev–Trinajstić information content (AvgIpc) is 3.27. The summed E-state index contributed by atoms with van der Waals surface area (Å²) in [5.74, 6) is 2.60. The lowest BCUT2D eigenvalue weighted by molar-refractivity contribution is 0.425. The monoisotopic (exact) mass is 310 g/mol. The van der Waals surface area contributed by atoms with Crippen LogP contribution in [-0.4, -0.2) is 38.4 Å². The highest BCUT2D eigenvalue weighted by molar-refractivity contribution is 5.54. The Kier molecular flexibility index (Phi) is 3.53. The van der Waals surface area contributed by atoms with Gasteiger partial charge < -0.3 is 9.42 Å². The maximum atomic E-state index is 5.18. The third-order valence-corrected chi connectivity index (χ3v) is 4.23. The van der Waals surface area contributed by atoms with Crippen molar-refractivity contribution in [1.82, 2.24) is 25.3 Å². The minimum atomic E-state index is 0.478. The summed E-state index contributed by atoms with van der Waals surface area (Å²) in [7, 11) is 0. The molecule has 4 rings (SSSR count). The molecule has 1 saturated heterocycles. The van der Waals surface area contributed by atoms with Crippen molar-refractivity contribution in [1.29, 1.82) is 0 Å². The van der Waals surface area contributed by atoms with Gasteiger partial charge in [0.2, 0.25) is 0 Å². The van der Waals surface area contributed by atoms with E-state index in [1.807, 2.05) is 18.3 Å². The third kappa shape index (κ3) is 2.81. The van der Waals surface area contributed by atoms with E-state index in [4.69, 9.17) is 4.52 Å². The molecule has 7 nitrogen and oxygen atoms in total. The molecule has 0 bridgehead atoms. The lowest BCUT2D eigenvalue weighted by Gasteiger charge is -2.33. The van der Waals surface area contributed by atoms with E-state index in [1.165, 1.54) is 12.1 Å². The number of aromatic amines is 1. The SMILES string of the molecule is Cc1noc(-c2ccc(N3CCCC(c4ccn[nH]4)C3)nc2)n1. The van der Waals surface area contributed by atoms with Crippen molar-refractivity contribution in [3.8, 4) is 11.5 Å². The molecule has 0 aliphatic carbocycles. The fourth-order valence-corrected chi connectivity index (χ4v) is 3.05. The molecule has 0 spiro atoms. The van der Waals surface area contributed by atoms with Crippen LogP contribution in [-0.2, 0) is 0 Å². The number of nitrogens with zero attached hydrogens (tertiary/aromatic N) is 5. The van der Waals surface area contributed by atoms with Gasteiger partial charge in [-0.25, -0.2) is 4.98 Å². The van der Waals surface area contributed by atoms with Gasteiger partial charge >= 0.3 is 0 Å². The van der Waals surface area contributed by atoms with Crippen LogP contribution in [0.3, 0.4) is 0 Å². The number of anilines is 1. The van der Waals surface area contributed by atoms with Crippen LogP contribution in [0.4, 0.5) is 5.82 Å². The largest absolute Gasteiger partial charge is 0.356 e. The molecule has 4 heterocycles. The average molecular weight is 310 g/mol. The number of nitrogens with one attached hydrogen (secondary N) is 1. The summed E-state index contributed by atoms with van der Waals surface area (Å²) in [4.78, 5) is 11.1. The third-order valence-electron chi connectivity index (χ3n) is 4.23. The van der Waals surface area contributed by atoms with Crippen LogP contribution in [0.1, 0.15) is 30.3 Å². The standard InChI is InChI=1S/C16H18N6O/c1-11-19-16(23-21-11)12-4-5-15(17-9-12)22-8-2-3-13(10-22)14-6-7-18-20-14/h4-7,9,13H,2-3,8,10H2,1H3,(H,18,20). The van der Waals surface area contributed by atoms with Gasteiger partial charge in [0.25, 0.3) is 5.89 Å².